The minimum atomic E-state index is 0.0466. The molecule has 0 bridgehead atoms. The molecule has 0 atom stereocenters. The molecule has 0 spiro atoms. The lowest BCUT2D eigenvalue weighted by Crippen LogP contribution is -2.10. The number of thiophene rings is 1. The first-order valence-electron chi connectivity index (χ1n) is 8.59. The van der Waals surface area contributed by atoms with Gasteiger partial charge in [0.1, 0.15) is 16.9 Å². The first kappa shape index (κ1) is 17.9. The monoisotopic (exact) mass is 387 g/mol. The molecule has 3 aromatic heterocycles. The van der Waals surface area contributed by atoms with E-state index in [4.69, 9.17) is 11.1 Å². The maximum Gasteiger partial charge on any atom is 0.195 e. The summed E-state index contributed by atoms with van der Waals surface area (Å²) in [5, 5.41) is 16.3. The van der Waals surface area contributed by atoms with Gasteiger partial charge in [0.25, 0.3) is 0 Å². The molecule has 28 heavy (non-hydrogen) atoms. The van der Waals surface area contributed by atoms with Gasteiger partial charge in [-0.1, -0.05) is 24.3 Å². The molecule has 0 radical (unpaired) electrons. The topological polar surface area (TPSA) is 113 Å². The van der Waals surface area contributed by atoms with Gasteiger partial charge in [0.15, 0.2) is 5.82 Å². The number of hydrogen-bond acceptors (Lipinski definition) is 7. The van der Waals surface area contributed by atoms with Gasteiger partial charge in [0.2, 0.25) is 0 Å². The Morgan fingerprint density at radius 3 is 2.89 bits per heavy atom. The highest BCUT2D eigenvalue weighted by Crippen LogP contribution is 2.40. The number of nitrogen functional groups attached to an aromatic ring is 1. The van der Waals surface area contributed by atoms with E-state index in [2.05, 4.69) is 25.2 Å². The number of fused-ring (bicyclic) bond motifs is 1. The van der Waals surface area contributed by atoms with E-state index in [0.717, 1.165) is 31.8 Å². The number of rotatable bonds is 5. The lowest BCUT2D eigenvalue weighted by Gasteiger charge is -2.03. The third-order valence-corrected chi connectivity index (χ3v) is 5.59. The van der Waals surface area contributed by atoms with E-state index in [9.17, 15) is 0 Å². The van der Waals surface area contributed by atoms with Crippen LogP contribution in [0, 0.1) is 12.3 Å². The van der Waals surface area contributed by atoms with Crippen molar-refractivity contribution in [3.8, 4) is 10.4 Å². The number of amidine groups is 1. The molecule has 0 aliphatic rings. The number of nitrogens with one attached hydrogen (secondary N) is 1. The van der Waals surface area contributed by atoms with Gasteiger partial charge in [-0.05, 0) is 35.7 Å². The highest BCUT2D eigenvalue weighted by molar-refractivity contribution is 7.23. The predicted octanol–water partition coefficient (Wildman–Crippen LogP) is 4.63. The van der Waals surface area contributed by atoms with Gasteiger partial charge in [-0.2, -0.15) is 5.11 Å². The van der Waals surface area contributed by atoms with Crippen molar-refractivity contribution < 1.29 is 0 Å². The number of hydrogen-bond donors (Lipinski definition) is 2. The summed E-state index contributed by atoms with van der Waals surface area (Å²) in [5.74, 6) is 0.598. The van der Waals surface area contributed by atoms with Crippen LogP contribution in [0.15, 0.2) is 65.3 Å². The summed E-state index contributed by atoms with van der Waals surface area (Å²) in [4.78, 5) is 13.9. The van der Waals surface area contributed by atoms with E-state index in [1.807, 2.05) is 43.3 Å². The normalized spacial score (nSPS) is 11.3. The zero-order chi connectivity index (χ0) is 19.5. The molecule has 138 valence electrons. The molecular formula is C20H17N7S. The number of aryl methyl sites for hydroxylation is 1. The fraction of sp³-hybridized carbons (Fsp3) is 0.100. The van der Waals surface area contributed by atoms with Gasteiger partial charge >= 0.3 is 0 Å². The lowest BCUT2D eigenvalue weighted by molar-refractivity contribution is 0.939. The molecule has 0 fully saturated rings. The summed E-state index contributed by atoms with van der Waals surface area (Å²) in [7, 11) is 0. The smallest absolute Gasteiger partial charge is 0.195 e. The summed E-state index contributed by atoms with van der Waals surface area (Å²) >= 11 is 1.57. The molecule has 3 N–H and O–H groups in total. The molecule has 0 saturated carbocycles. The molecule has 0 aliphatic carbocycles. The van der Waals surface area contributed by atoms with Crippen molar-refractivity contribution in [2.75, 3.05) is 0 Å². The first-order chi connectivity index (χ1) is 13.6. The van der Waals surface area contributed by atoms with Crippen molar-refractivity contribution in [2.24, 2.45) is 16.0 Å². The van der Waals surface area contributed by atoms with Crippen molar-refractivity contribution >= 4 is 33.2 Å². The van der Waals surface area contributed by atoms with Gasteiger partial charge in [0, 0.05) is 22.8 Å². The second-order valence-corrected chi connectivity index (χ2v) is 7.21. The van der Waals surface area contributed by atoms with Crippen LogP contribution in [0.4, 0.5) is 5.82 Å². The van der Waals surface area contributed by atoms with Gasteiger partial charge in [-0.15, -0.1) is 16.5 Å². The van der Waals surface area contributed by atoms with Crippen LogP contribution in [-0.2, 0) is 6.54 Å². The Labute approximate surface area is 165 Å². The Hall–Kier alpha value is -3.52. The van der Waals surface area contributed by atoms with Crippen LogP contribution in [0.5, 0.6) is 0 Å². The Kier molecular flexibility index (Phi) is 4.86. The summed E-state index contributed by atoms with van der Waals surface area (Å²) < 4.78 is 0.887. The van der Waals surface area contributed by atoms with E-state index in [-0.39, 0.29) is 5.84 Å². The van der Waals surface area contributed by atoms with Crippen molar-refractivity contribution in [1.82, 2.24) is 15.0 Å². The largest absolute Gasteiger partial charge is 0.384 e. The maximum atomic E-state index is 7.66. The Morgan fingerprint density at radius 2 is 2.11 bits per heavy atom. The van der Waals surface area contributed by atoms with Gasteiger partial charge in [0.05, 0.1) is 12.1 Å². The number of aromatic nitrogens is 3. The van der Waals surface area contributed by atoms with E-state index in [1.54, 1.807) is 23.7 Å². The van der Waals surface area contributed by atoms with Crippen LogP contribution < -0.4 is 5.73 Å². The van der Waals surface area contributed by atoms with Crippen molar-refractivity contribution in [2.45, 2.75) is 13.5 Å². The third kappa shape index (κ3) is 3.49. The summed E-state index contributed by atoms with van der Waals surface area (Å²) in [6, 6.07) is 11.5. The maximum absolute atomic E-state index is 7.66. The van der Waals surface area contributed by atoms with Gasteiger partial charge < -0.3 is 5.73 Å². The van der Waals surface area contributed by atoms with E-state index >= 15 is 0 Å². The molecule has 0 unspecified atom stereocenters. The number of pyridine rings is 1. The molecule has 4 rings (SSSR count). The van der Waals surface area contributed by atoms with Crippen molar-refractivity contribution in [3.63, 3.8) is 0 Å². The number of nitrogens with zero attached hydrogens (tertiary/aromatic N) is 5. The van der Waals surface area contributed by atoms with Crippen LogP contribution in [0.3, 0.4) is 0 Å². The van der Waals surface area contributed by atoms with Crippen molar-refractivity contribution in [3.05, 3.63) is 71.8 Å². The average molecular weight is 387 g/mol. The average Bonchev–Trinajstić information content (AvgIpc) is 3.06. The predicted molar refractivity (Wildman–Crippen MR) is 111 cm³/mol. The second kappa shape index (κ2) is 7.61. The van der Waals surface area contributed by atoms with E-state index in [0.29, 0.717) is 17.9 Å². The molecule has 8 heteroatoms. The molecule has 0 aliphatic heterocycles. The fourth-order valence-electron chi connectivity index (χ4n) is 2.86. The summed E-state index contributed by atoms with van der Waals surface area (Å²) in [6.07, 6.45) is 5.01. The van der Waals surface area contributed by atoms with Crippen LogP contribution >= 0.6 is 11.3 Å². The molecule has 0 amide bonds. The van der Waals surface area contributed by atoms with E-state index < -0.39 is 0 Å². The second-order valence-electron chi connectivity index (χ2n) is 6.19. The Bertz CT molecular complexity index is 1180. The molecular weight excluding hydrogens is 370 g/mol. The van der Waals surface area contributed by atoms with Crippen LogP contribution in [0.2, 0.25) is 0 Å². The molecule has 7 nitrogen and oxygen atoms in total. The van der Waals surface area contributed by atoms with Crippen LogP contribution in [-0.4, -0.2) is 20.8 Å². The van der Waals surface area contributed by atoms with Crippen LogP contribution in [0.1, 0.15) is 16.7 Å². The Balaban J connectivity index is 1.72. The molecule has 4 aromatic rings. The molecule has 0 saturated heterocycles. The Morgan fingerprint density at radius 1 is 1.21 bits per heavy atom. The summed E-state index contributed by atoms with van der Waals surface area (Å²) in [6.45, 7) is 2.47. The lowest BCUT2D eigenvalue weighted by atomic mass is 10.1. The minimum Gasteiger partial charge on any atom is -0.384 e. The first-order valence-corrected chi connectivity index (χ1v) is 9.40. The standard InChI is InChI=1S/C20H17N7S/c1-12-16-18(28-17(12)14-5-2-6-15(8-14)19(21)22)20(25-11-24-16)27-26-10-13-4-3-7-23-9-13/h2-9,11H,10H2,1H3,(H3,21,22). The van der Waals surface area contributed by atoms with Gasteiger partial charge in [-0.25, -0.2) is 9.97 Å². The zero-order valence-corrected chi connectivity index (χ0v) is 15.9. The van der Waals surface area contributed by atoms with Crippen LogP contribution in [0.25, 0.3) is 20.7 Å². The van der Waals surface area contributed by atoms with Crippen molar-refractivity contribution in [1.29, 1.82) is 5.41 Å². The third-order valence-electron chi connectivity index (χ3n) is 4.26. The number of nitrogens with two attached hydrogens (primary N) is 1. The highest BCUT2D eigenvalue weighted by atomic mass is 32.1. The number of azo groups is 1. The molecule has 1 aromatic carbocycles. The fourth-order valence-corrected chi connectivity index (χ4v) is 4.05. The summed E-state index contributed by atoms with van der Waals surface area (Å²) in [5.41, 5.74) is 10.2. The SMILES string of the molecule is Cc1c(-c2cccc(C(=N)N)c2)sc2c(N=NCc3cccnc3)ncnc12. The zero-order valence-electron chi connectivity index (χ0n) is 15.1. The quantitative estimate of drug-likeness (QED) is 0.295. The van der Waals surface area contributed by atoms with E-state index in [1.165, 1.54) is 6.33 Å². The number of benzene rings is 1. The van der Waals surface area contributed by atoms with Gasteiger partial charge in [-0.3, -0.25) is 10.4 Å². The highest BCUT2D eigenvalue weighted by Gasteiger charge is 2.15. The minimum absolute atomic E-state index is 0.0466. The molecule has 3 heterocycles.